The summed E-state index contributed by atoms with van der Waals surface area (Å²) in [6, 6.07) is 13.4. The minimum absolute atomic E-state index is 0.159. The predicted octanol–water partition coefficient (Wildman–Crippen LogP) is 2.30. The Kier molecular flexibility index (Phi) is 4.86. The van der Waals surface area contributed by atoms with Crippen LogP contribution < -0.4 is 11.5 Å². The molecule has 1 saturated heterocycles. The molecule has 3 heterocycles. The fourth-order valence-electron chi connectivity index (χ4n) is 4.35. The van der Waals surface area contributed by atoms with Crippen molar-refractivity contribution >= 4 is 47.3 Å². The molecule has 0 bridgehead atoms. The summed E-state index contributed by atoms with van der Waals surface area (Å²) in [6.07, 6.45) is 2.57. The van der Waals surface area contributed by atoms with Gasteiger partial charge in [-0.15, -0.1) is 0 Å². The molecule has 0 unspecified atom stereocenters. The summed E-state index contributed by atoms with van der Waals surface area (Å²) in [4.78, 5) is 22.6. The molecular formula is C23H22BN5O2. The maximum Gasteiger partial charge on any atom is 0.335 e. The van der Waals surface area contributed by atoms with Crippen molar-refractivity contribution < 1.29 is 9.90 Å². The van der Waals surface area contributed by atoms with Gasteiger partial charge < -0.3 is 15.4 Å². The second-order valence-electron chi connectivity index (χ2n) is 8.09. The van der Waals surface area contributed by atoms with Gasteiger partial charge in [0.05, 0.1) is 22.3 Å². The summed E-state index contributed by atoms with van der Waals surface area (Å²) in [5.74, 6) is -0.777. The van der Waals surface area contributed by atoms with Crippen LogP contribution in [0, 0.1) is 0 Å². The molecule has 2 aromatic carbocycles. The zero-order valence-electron chi connectivity index (χ0n) is 17.1. The Morgan fingerprint density at radius 2 is 1.71 bits per heavy atom. The van der Waals surface area contributed by atoms with Crippen molar-refractivity contribution in [2.24, 2.45) is 0 Å². The number of nitrogen functional groups attached to an aromatic ring is 1. The third-order valence-corrected chi connectivity index (χ3v) is 5.95. The van der Waals surface area contributed by atoms with E-state index in [9.17, 15) is 9.90 Å². The summed E-state index contributed by atoms with van der Waals surface area (Å²) in [6.45, 7) is 3.86. The number of aromatic carboxylic acids is 1. The fraction of sp³-hybridized carbons (Fsp3) is 0.261. The van der Waals surface area contributed by atoms with Crippen LogP contribution in [0.1, 0.15) is 34.3 Å². The maximum atomic E-state index is 11.3. The van der Waals surface area contributed by atoms with Crippen LogP contribution >= 0.6 is 0 Å². The van der Waals surface area contributed by atoms with E-state index >= 15 is 0 Å². The Hall–Kier alpha value is -3.39. The topological polar surface area (TPSA) is 97.3 Å². The molecule has 7 nitrogen and oxygen atoms in total. The fourth-order valence-corrected chi connectivity index (χ4v) is 4.35. The molecule has 0 aliphatic carbocycles. The second kappa shape index (κ2) is 7.70. The van der Waals surface area contributed by atoms with Gasteiger partial charge in [-0.2, -0.15) is 0 Å². The Morgan fingerprint density at radius 1 is 1.03 bits per heavy atom. The SMILES string of the molecule is [B]c1nc2c(N)nc3cc(C(=O)O)ccc3c2n1Cc1ccc(CN2CCCC2)cc1. The van der Waals surface area contributed by atoms with Crippen LogP contribution in [0.2, 0.25) is 0 Å². The van der Waals surface area contributed by atoms with Crippen LogP contribution in [0.4, 0.5) is 5.82 Å². The van der Waals surface area contributed by atoms with Crippen molar-refractivity contribution in [2.75, 3.05) is 18.8 Å². The van der Waals surface area contributed by atoms with Crippen molar-refractivity contribution in [1.82, 2.24) is 19.4 Å². The Morgan fingerprint density at radius 3 is 2.39 bits per heavy atom. The van der Waals surface area contributed by atoms with Crippen molar-refractivity contribution in [3.63, 3.8) is 0 Å². The molecule has 0 spiro atoms. The van der Waals surface area contributed by atoms with Gasteiger partial charge in [0.25, 0.3) is 0 Å². The number of nitrogens with zero attached hydrogens (tertiary/aromatic N) is 4. The lowest BCUT2D eigenvalue weighted by Gasteiger charge is -2.15. The lowest BCUT2D eigenvalue weighted by molar-refractivity contribution is 0.0697. The van der Waals surface area contributed by atoms with Crippen LogP contribution in [0.3, 0.4) is 0 Å². The highest BCUT2D eigenvalue weighted by atomic mass is 16.4. The molecule has 8 heteroatoms. The predicted molar refractivity (Wildman–Crippen MR) is 122 cm³/mol. The number of benzene rings is 2. The Bertz CT molecular complexity index is 1290. The molecule has 0 atom stereocenters. The second-order valence-corrected chi connectivity index (χ2v) is 8.09. The molecule has 154 valence electrons. The number of carboxylic acid groups (broad SMARTS) is 1. The smallest absolute Gasteiger partial charge is 0.335 e. The number of rotatable bonds is 5. The Balaban J connectivity index is 1.52. The highest BCUT2D eigenvalue weighted by Gasteiger charge is 2.17. The van der Waals surface area contributed by atoms with Gasteiger partial charge in [-0.1, -0.05) is 24.3 Å². The van der Waals surface area contributed by atoms with Crippen molar-refractivity contribution in [3.8, 4) is 0 Å². The zero-order valence-corrected chi connectivity index (χ0v) is 17.1. The van der Waals surface area contributed by atoms with Crippen molar-refractivity contribution in [3.05, 3.63) is 59.2 Å². The molecule has 2 aromatic heterocycles. The van der Waals surface area contributed by atoms with Gasteiger partial charge >= 0.3 is 5.97 Å². The number of carbonyl (C=O) groups is 1. The molecule has 2 radical (unpaired) electrons. The van der Waals surface area contributed by atoms with Gasteiger partial charge in [-0.05, 0) is 55.3 Å². The summed E-state index contributed by atoms with van der Waals surface area (Å²) in [7, 11) is 6.25. The van der Waals surface area contributed by atoms with E-state index in [-0.39, 0.29) is 11.4 Å². The minimum Gasteiger partial charge on any atom is -0.478 e. The lowest BCUT2D eigenvalue weighted by atomic mass is 10.1. The standard InChI is InChI=1S/C23H22BN5O2/c24-23-27-19-20(17-8-7-16(22(30)31)11-18(17)26-21(19)25)29(23)13-15-5-3-14(4-6-15)12-28-9-1-2-10-28/h3-8,11H,1-2,9-10,12-13H2,(H2,25,26)(H,30,31). The van der Waals surface area contributed by atoms with Crippen LogP contribution in [-0.2, 0) is 13.1 Å². The number of imidazole rings is 1. The molecule has 0 amide bonds. The largest absolute Gasteiger partial charge is 0.478 e. The number of nitrogens with two attached hydrogens (primary N) is 1. The van der Waals surface area contributed by atoms with Gasteiger partial charge in [0.2, 0.25) is 0 Å². The molecule has 3 N–H and O–H groups in total. The van der Waals surface area contributed by atoms with E-state index in [0.29, 0.717) is 23.3 Å². The third kappa shape index (κ3) is 3.63. The average molecular weight is 411 g/mol. The monoisotopic (exact) mass is 411 g/mol. The van der Waals surface area contributed by atoms with Crippen LogP contribution in [0.25, 0.3) is 21.9 Å². The molecule has 1 fully saturated rings. The number of fused-ring (bicyclic) bond motifs is 3. The number of aromatic nitrogens is 3. The molecule has 5 rings (SSSR count). The van der Waals surface area contributed by atoms with E-state index < -0.39 is 5.97 Å². The molecule has 31 heavy (non-hydrogen) atoms. The van der Waals surface area contributed by atoms with E-state index in [1.807, 2.05) is 4.57 Å². The number of anilines is 1. The molecular weight excluding hydrogens is 389 g/mol. The molecule has 0 saturated carbocycles. The van der Waals surface area contributed by atoms with E-state index in [1.165, 1.54) is 37.6 Å². The van der Waals surface area contributed by atoms with Crippen molar-refractivity contribution in [1.29, 1.82) is 0 Å². The van der Waals surface area contributed by atoms with Gasteiger partial charge in [0.1, 0.15) is 5.52 Å². The van der Waals surface area contributed by atoms with Gasteiger partial charge in [-0.3, -0.25) is 4.90 Å². The van der Waals surface area contributed by atoms with E-state index in [4.69, 9.17) is 13.6 Å². The van der Waals surface area contributed by atoms with E-state index in [0.717, 1.165) is 23.0 Å². The normalized spacial score (nSPS) is 14.6. The number of hydrogen-bond donors (Lipinski definition) is 2. The molecule has 1 aliphatic heterocycles. The number of carboxylic acids is 1. The molecule has 4 aromatic rings. The van der Waals surface area contributed by atoms with Crippen LogP contribution in [-0.4, -0.2) is 51.4 Å². The number of likely N-dealkylation sites (tertiary alicyclic amines) is 1. The quantitative estimate of drug-likeness (QED) is 0.490. The third-order valence-electron chi connectivity index (χ3n) is 5.95. The van der Waals surface area contributed by atoms with Crippen LogP contribution in [0.5, 0.6) is 0 Å². The minimum atomic E-state index is -1.01. The first-order valence-corrected chi connectivity index (χ1v) is 10.4. The Labute approximate surface area is 180 Å². The summed E-state index contributed by atoms with van der Waals surface area (Å²) < 4.78 is 1.91. The summed E-state index contributed by atoms with van der Waals surface area (Å²) in [5, 5.41) is 10.1. The van der Waals surface area contributed by atoms with Crippen LogP contribution in [0.15, 0.2) is 42.5 Å². The van der Waals surface area contributed by atoms with E-state index in [2.05, 4.69) is 39.1 Å². The van der Waals surface area contributed by atoms with Gasteiger partial charge in [0, 0.05) is 18.5 Å². The number of pyridine rings is 1. The average Bonchev–Trinajstić information content (AvgIpc) is 3.38. The maximum absolute atomic E-state index is 11.3. The van der Waals surface area contributed by atoms with Gasteiger partial charge in [-0.25, -0.2) is 14.8 Å². The highest BCUT2D eigenvalue weighted by molar-refractivity contribution is 6.31. The summed E-state index contributed by atoms with van der Waals surface area (Å²) in [5.41, 5.74) is 10.8. The molecule has 1 aliphatic rings. The van der Waals surface area contributed by atoms with Crippen molar-refractivity contribution in [2.45, 2.75) is 25.9 Å². The first-order chi connectivity index (χ1) is 15.0. The first-order valence-electron chi connectivity index (χ1n) is 10.4. The van der Waals surface area contributed by atoms with E-state index in [1.54, 1.807) is 12.1 Å². The zero-order chi connectivity index (χ0) is 21.5. The van der Waals surface area contributed by atoms with Gasteiger partial charge in [0.15, 0.2) is 13.7 Å². The summed E-state index contributed by atoms with van der Waals surface area (Å²) >= 11 is 0. The first kappa shape index (κ1) is 19.6. The number of hydrogen-bond acceptors (Lipinski definition) is 5. The highest BCUT2D eigenvalue weighted by Crippen LogP contribution is 2.28. The lowest BCUT2D eigenvalue weighted by Crippen LogP contribution is -2.20.